The molecule has 2 aromatic heterocycles. The van der Waals surface area contributed by atoms with Gasteiger partial charge < -0.3 is 20.9 Å². The number of nitrogens with one attached hydrogen (secondary N) is 3. The lowest BCUT2D eigenvalue weighted by Crippen LogP contribution is -2.23. The van der Waals surface area contributed by atoms with Crippen LogP contribution in [0.2, 0.25) is 0 Å². The van der Waals surface area contributed by atoms with Crippen molar-refractivity contribution in [2.24, 2.45) is 5.73 Å². The molecular weight excluding hydrogens is 384 g/mol. The van der Waals surface area contributed by atoms with Gasteiger partial charge >= 0.3 is 0 Å². The number of nitrogens with two attached hydrogens (primary N) is 1. The first-order valence-electron chi connectivity index (χ1n) is 9.41. The first-order chi connectivity index (χ1) is 14.7. The summed E-state index contributed by atoms with van der Waals surface area (Å²) in [6.45, 7) is 0.394. The number of carbonyl (C=O) groups excluding carboxylic acids is 2. The summed E-state index contributed by atoms with van der Waals surface area (Å²) in [6, 6.07) is 16.3. The van der Waals surface area contributed by atoms with Crippen molar-refractivity contribution in [2.45, 2.75) is 12.3 Å². The summed E-state index contributed by atoms with van der Waals surface area (Å²) in [7, 11) is 0. The van der Waals surface area contributed by atoms with E-state index in [1.807, 2.05) is 30.3 Å². The van der Waals surface area contributed by atoms with Crippen LogP contribution in [-0.4, -0.2) is 33.7 Å². The van der Waals surface area contributed by atoms with Crippen molar-refractivity contribution in [1.82, 2.24) is 15.4 Å². The van der Waals surface area contributed by atoms with Crippen LogP contribution >= 0.6 is 0 Å². The van der Waals surface area contributed by atoms with Gasteiger partial charge in [-0.1, -0.05) is 35.5 Å². The molecule has 0 fully saturated rings. The molecule has 4 rings (SSSR count). The van der Waals surface area contributed by atoms with Gasteiger partial charge in [-0.25, -0.2) is 0 Å². The second-order valence-electron chi connectivity index (χ2n) is 6.69. The lowest BCUT2D eigenvalue weighted by Gasteiger charge is -2.16. The fourth-order valence-corrected chi connectivity index (χ4v) is 3.22. The third-order valence-corrected chi connectivity index (χ3v) is 4.70. The highest BCUT2D eigenvalue weighted by molar-refractivity contribution is 6.07. The first-order valence-corrected chi connectivity index (χ1v) is 9.41. The quantitative estimate of drug-likeness (QED) is 0.373. The molecule has 4 aromatic rings. The lowest BCUT2D eigenvalue weighted by atomic mass is 9.94. The number of amides is 2. The summed E-state index contributed by atoms with van der Waals surface area (Å²) in [4.78, 5) is 25.1. The van der Waals surface area contributed by atoms with Gasteiger partial charge in [0.2, 0.25) is 11.7 Å². The number of aromatic amines is 1. The zero-order valence-corrected chi connectivity index (χ0v) is 16.0. The number of carbonyl (C=O) groups is 2. The SMILES string of the molecule is NCCC(C(=O)Nc1ccc2[nH]nc(NC(=O)c3ccno3)c2c1)c1ccccc1. The fraction of sp³-hybridized carbons (Fsp3) is 0.143. The summed E-state index contributed by atoms with van der Waals surface area (Å²) >= 11 is 0. The van der Waals surface area contributed by atoms with Crippen LogP contribution < -0.4 is 16.4 Å². The van der Waals surface area contributed by atoms with Gasteiger partial charge in [-0.2, -0.15) is 5.10 Å². The Morgan fingerprint density at radius 1 is 1.10 bits per heavy atom. The van der Waals surface area contributed by atoms with E-state index in [9.17, 15) is 9.59 Å². The molecule has 5 N–H and O–H groups in total. The zero-order valence-electron chi connectivity index (χ0n) is 16.0. The lowest BCUT2D eigenvalue weighted by molar-refractivity contribution is -0.117. The molecule has 0 aliphatic carbocycles. The number of H-pyrrole nitrogens is 1. The molecule has 152 valence electrons. The predicted octanol–water partition coefficient (Wildman–Crippen LogP) is 2.87. The second-order valence-corrected chi connectivity index (χ2v) is 6.69. The normalized spacial score (nSPS) is 11.9. The van der Waals surface area contributed by atoms with Crippen molar-refractivity contribution in [1.29, 1.82) is 0 Å². The molecule has 9 nitrogen and oxygen atoms in total. The average Bonchev–Trinajstić information content (AvgIpc) is 3.43. The molecule has 0 aliphatic heterocycles. The average molecular weight is 404 g/mol. The summed E-state index contributed by atoms with van der Waals surface area (Å²) in [5, 5.41) is 16.8. The zero-order chi connectivity index (χ0) is 20.9. The van der Waals surface area contributed by atoms with Crippen LogP contribution in [-0.2, 0) is 4.79 Å². The van der Waals surface area contributed by atoms with E-state index in [2.05, 4.69) is 26.0 Å². The largest absolute Gasteiger partial charge is 0.351 e. The summed E-state index contributed by atoms with van der Waals surface area (Å²) < 4.78 is 4.86. The van der Waals surface area contributed by atoms with E-state index in [0.29, 0.717) is 35.4 Å². The molecule has 2 heterocycles. The highest BCUT2D eigenvalue weighted by Crippen LogP contribution is 2.26. The van der Waals surface area contributed by atoms with E-state index in [4.69, 9.17) is 10.3 Å². The fourth-order valence-electron chi connectivity index (χ4n) is 3.22. The number of nitrogens with zero attached hydrogens (tertiary/aromatic N) is 2. The molecule has 0 aliphatic rings. The minimum atomic E-state index is -0.470. The molecule has 30 heavy (non-hydrogen) atoms. The molecule has 2 amide bonds. The number of hydrogen-bond acceptors (Lipinski definition) is 6. The number of aromatic nitrogens is 3. The number of fused-ring (bicyclic) bond motifs is 1. The molecule has 0 bridgehead atoms. The molecular formula is C21H20N6O3. The van der Waals surface area contributed by atoms with Gasteiger partial charge in [0.25, 0.3) is 5.91 Å². The molecule has 0 spiro atoms. The van der Waals surface area contributed by atoms with Crippen molar-refractivity contribution in [3.8, 4) is 0 Å². The Kier molecular flexibility index (Phi) is 5.53. The Hall–Kier alpha value is -3.98. The third kappa shape index (κ3) is 4.06. The monoisotopic (exact) mass is 404 g/mol. The van der Waals surface area contributed by atoms with Crippen LogP contribution in [0.15, 0.2) is 65.3 Å². The summed E-state index contributed by atoms with van der Waals surface area (Å²) in [5.74, 6) is -0.585. The maximum atomic E-state index is 12.9. The molecule has 0 saturated carbocycles. The predicted molar refractivity (Wildman–Crippen MR) is 112 cm³/mol. The van der Waals surface area contributed by atoms with Crippen LogP contribution in [0.4, 0.5) is 11.5 Å². The van der Waals surface area contributed by atoms with Crippen molar-refractivity contribution in [2.75, 3.05) is 17.2 Å². The number of benzene rings is 2. The van der Waals surface area contributed by atoms with E-state index >= 15 is 0 Å². The van der Waals surface area contributed by atoms with Gasteiger partial charge in [-0.05, 0) is 36.7 Å². The molecule has 9 heteroatoms. The summed E-state index contributed by atoms with van der Waals surface area (Å²) in [6.07, 6.45) is 1.91. The third-order valence-electron chi connectivity index (χ3n) is 4.70. The topological polar surface area (TPSA) is 139 Å². The van der Waals surface area contributed by atoms with Crippen molar-refractivity contribution in [3.05, 3.63) is 72.1 Å². The minimum Gasteiger partial charge on any atom is -0.351 e. The Labute approximate surface area is 171 Å². The standard InChI is InChI=1S/C21H20N6O3/c22-10-8-15(13-4-2-1-3-5-13)20(28)24-14-6-7-17-16(12-14)19(27-26-17)25-21(29)18-9-11-23-30-18/h1-7,9,11-12,15H,8,10,22H2,(H,24,28)(H2,25,26,27,29). The number of anilines is 2. The maximum Gasteiger partial charge on any atom is 0.295 e. The van der Waals surface area contributed by atoms with E-state index in [-0.39, 0.29) is 17.6 Å². The summed E-state index contributed by atoms with van der Waals surface area (Å²) in [5.41, 5.74) is 7.92. The van der Waals surface area contributed by atoms with Crippen LogP contribution in [0.1, 0.15) is 28.5 Å². The van der Waals surface area contributed by atoms with Crippen LogP contribution in [0, 0.1) is 0 Å². The van der Waals surface area contributed by atoms with Crippen LogP contribution in [0.5, 0.6) is 0 Å². The smallest absolute Gasteiger partial charge is 0.295 e. The van der Waals surface area contributed by atoms with Gasteiger partial charge in [0, 0.05) is 17.1 Å². The van der Waals surface area contributed by atoms with Crippen LogP contribution in [0.25, 0.3) is 10.9 Å². The van der Waals surface area contributed by atoms with Gasteiger partial charge in [0.15, 0.2) is 5.82 Å². The molecule has 1 atom stereocenters. The number of hydrogen-bond donors (Lipinski definition) is 4. The Bertz CT molecular complexity index is 1150. The molecule has 2 aromatic carbocycles. The van der Waals surface area contributed by atoms with E-state index in [1.54, 1.807) is 18.2 Å². The van der Waals surface area contributed by atoms with Crippen molar-refractivity contribution >= 4 is 34.2 Å². The first kappa shape index (κ1) is 19.3. The molecule has 0 saturated heterocycles. The van der Waals surface area contributed by atoms with Gasteiger partial charge in [-0.3, -0.25) is 14.7 Å². The molecule has 0 radical (unpaired) electrons. The van der Waals surface area contributed by atoms with Gasteiger partial charge in [0.05, 0.1) is 17.6 Å². The number of rotatable bonds is 7. The Morgan fingerprint density at radius 3 is 2.67 bits per heavy atom. The second kappa shape index (κ2) is 8.58. The van der Waals surface area contributed by atoms with Gasteiger partial charge in [0.1, 0.15) is 0 Å². The van der Waals surface area contributed by atoms with Gasteiger partial charge in [-0.15, -0.1) is 0 Å². The van der Waals surface area contributed by atoms with Crippen molar-refractivity contribution < 1.29 is 14.1 Å². The highest BCUT2D eigenvalue weighted by atomic mass is 16.5. The van der Waals surface area contributed by atoms with E-state index in [0.717, 1.165) is 5.56 Å². The van der Waals surface area contributed by atoms with Crippen LogP contribution in [0.3, 0.4) is 0 Å². The highest BCUT2D eigenvalue weighted by Gasteiger charge is 2.20. The Balaban J connectivity index is 1.55. The Morgan fingerprint density at radius 2 is 1.93 bits per heavy atom. The minimum absolute atomic E-state index is 0.0723. The molecule has 1 unspecified atom stereocenters. The van der Waals surface area contributed by atoms with E-state index < -0.39 is 5.91 Å². The maximum absolute atomic E-state index is 12.9. The van der Waals surface area contributed by atoms with Crippen molar-refractivity contribution in [3.63, 3.8) is 0 Å². The van der Waals surface area contributed by atoms with E-state index in [1.165, 1.54) is 12.3 Å².